The van der Waals surface area contributed by atoms with Crippen molar-refractivity contribution in [3.05, 3.63) is 82.5 Å². The van der Waals surface area contributed by atoms with Crippen LogP contribution in [-0.4, -0.2) is 34.0 Å². The van der Waals surface area contributed by atoms with E-state index in [0.29, 0.717) is 5.92 Å². The van der Waals surface area contributed by atoms with Gasteiger partial charge in [0.05, 0.1) is 12.0 Å². The number of hydrogen-bond donors (Lipinski definition) is 1. The number of ether oxygens (including phenoxy) is 1. The van der Waals surface area contributed by atoms with Crippen LogP contribution in [-0.2, 0) is 4.79 Å². The summed E-state index contributed by atoms with van der Waals surface area (Å²) in [7, 11) is 1.68. The second-order valence-corrected chi connectivity index (χ2v) is 11.0. The Hall–Kier alpha value is -3.12. The number of thioether (sulfide) groups is 1. The largest absolute Gasteiger partial charge is 0.497 e. The maximum absolute atomic E-state index is 13.9. The predicted molar refractivity (Wildman–Crippen MR) is 149 cm³/mol. The summed E-state index contributed by atoms with van der Waals surface area (Å²) in [6, 6.07) is 20.7. The second-order valence-electron chi connectivity index (χ2n) is 9.89. The van der Waals surface area contributed by atoms with E-state index in [-0.39, 0.29) is 17.4 Å². The number of rotatable bonds is 6. The number of aryl methyl sites for hydroxylation is 1. The first kappa shape index (κ1) is 24.6. The Balaban J connectivity index is 1.48. The number of para-hydroxylation sites is 1. The fraction of sp³-hybridized carbons (Fsp3) is 0.367. The lowest BCUT2D eigenvalue weighted by Crippen LogP contribution is -2.48. The number of aromatic nitrogens is 1. The maximum atomic E-state index is 13.9. The highest BCUT2D eigenvalue weighted by molar-refractivity contribution is 8.05. The first-order valence-corrected chi connectivity index (χ1v) is 13.7. The Morgan fingerprint density at radius 1 is 1.03 bits per heavy atom. The monoisotopic (exact) mass is 501 g/mol. The normalized spacial score (nSPS) is 23.3. The third-order valence-electron chi connectivity index (χ3n) is 7.51. The number of methoxy groups -OCH3 is 1. The number of nitrogens with one attached hydrogen (secondary N) is 1. The van der Waals surface area contributed by atoms with Crippen molar-refractivity contribution in [2.75, 3.05) is 12.4 Å². The standard InChI is InChI=1S/C30H35N3O2S/c1-20-10-8-9-13-27(20)33-29(34)28(36-30(33)31-24-11-6-5-7-12-24)19-23-18-21(2)32(22(23)3)25-14-16-26(35-4)17-15-25/h5-7,11-12,14-20,27,30-31H,8-10,13H2,1-4H3/b28-19-/t20-,27+,30?/m0/s1. The van der Waals surface area contributed by atoms with Crippen LogP contribution < -0.4 is 10.1 Å². The van der Waals surface area contributed by atoms with E-state index in [2.05, 4.69) is 72.0 Å². The number of benzene rings is 2. The van der Waals surface area contributed by atoms with Crippen molar-refractivity contribution in [1.29, 1.82) is 0 Å². The van der Waals surface area contributed by atoms with Crippen molar-refractivity contribution in [1.82, 2.24) is 9.47 Å². The summed E-state index contributed by atoms with van der Waals surface area (Å²) in [4.78, 5) is 16.8. The van der Waals surface area contributed by atoms with Crippen molar-refractivity contribution in [3.63, 3.8) is 0 Å². The third-order valence-corrected chi connectivity index (χ3v) is 8.63. The van der Waals surface area contributed by atoms with E-state index >= 15 is 0 Å². The van der Waals surface area contributed by atoms with E-state index in [1.165, 1.54) is 19.3 Å². The lowest BCUT2D eigenvalue weighted by Gasteiger charge is -2.39. The van der Waals surface area contributed by atoms with E-state index in [1.807, 2.05) is 30.3 Å². The lowest BCUT2D eigenvalue weighted by atomic mass is 9.85. The Labute approximate surface area is 218 Å². The third kappa shape index (κ3) is 4.79. The predicted octanol–water partition coefficient (Wildman–Crippen LogP) is 6.99. The average Bonchev–Trinajstić information content (AvgIpc) is 3.34. The molecule has 1 unspecified atom stereocenters. The number of amides is 1. The topological polar surface area (TPSA) is 46.5 Å². The van der Waals surface area contributed by atoms with Gasteiger partial charge < -0.3 is 19.5 Å². The Kier molecular flexibility index (Phi) is 7.15. The molecule has 1 aromatic heterocycles. The van der Waals surface area contributed by atoms with Gasteiger partial charge in [0.2, 0.25) is 0 Å². The van der Waals surface area contributed by atoms with Crippen molar-refractivity contribution in [2.45, 2.75) is 58.0 Å². The number of carbonyl (C=O) groups excluding carboxylic acids is 1. The van der Waals surface area contributed by atoms with Gasteiger partial charge in [-0.3, -0.25) is 4.79 Å². The van der Waals surface area contributed by atoms with Crippen LogP contribution in [0.3, 0.4) is 0 Å². The average molecular weight is 502 g/mol. The van der Waals surface area contributed by atoms with Gasteiger partial charge in [0.15, 0.2) is 5.50 Å². The Morgan fingerprint density at radius 2 is 1.75 bits per heavy atom. The number of carbonyl (C=O) groups is 1. The molecule has 5 rings (SSSR count). The van der Waals surface area contributed by atoms with Crippen LogP contribution in [0, 0.1) is 19.8 Å². The van der Waals surface area contributed by atoms with Gasteiger partial charge in [0, 0.05) is 28.8 Å². The van der Waals surface area contributed by atoms with Crippen LogP contribution in [0.1, 0.15) is 49.6 Å². The minimum Gasteiger partial charge on any atom is -0.497 e. The van der Waals surface area contributed by atoms with E-state index in [1.54, 1.807) is 18.9 Å². The molecule has 0 spiro atoms. The molecule has 1 aliphatic heterocycles. The molecule has 2 aliphatic rings. The molecule has 1 saturated carbocycles. The van der Waals surface area contributed by atoms with Crippen LogP contribution >= 0.6 is 11.8 Å². The summed E-state index contributed by atoms with van der Waals surface area (Å²) in [6.45, 7) is 6.53. The van der Waals surface area contributed by atoms with Crippen LogP contribution in [0.15, 0.2) is 65.6 Å². The molecule has 6 heteroatoms. The molecule has 36 heavy (non-hydrogen) atoms. The van der Waals surface area contributed by atoms with Crippen molar-refractivity contribution in [2.24, 2.45) is 5.92 Å². The van der Waals surface area contributed by atoms with Crippen LogP contribution in [0.4, 0.5) is 5.69 Å². The van der Waals surface area contributed by atoms with Crippen LogP contribution in [0.5, 0.6) is 5.75 Å². The van der Waals surface area contributed by atoms with E-state index < -0.39 is 0 Å². The highest BCUT2D eigenvalue weighted by Gasteiger charge is 2.43. The van der Waals surface area contributed by atoms with Crippen molar-refractivity contribution >= 4 is 29.4 Å². The zero-order valence-electron chi connectivity index (χ0n) is 21.5. The van der Waals surface area contributed by atoms with Crippen molar-refractivity contribution in [3.8, 4) is 11.4 Å². The summed E-state index contributed by atoms with van der Waals surface area (Å²) in [5.41, 5.74) is 5.35. The van der Waals surface area contributed by atoms with Gasteiger partial charge in [0.25, 0.3) is 5.91 Å². The molecule has 1 amide bonds. The van der Waals surface area contributed by atoms with Crippen LogP contribution in [0.2, 0.25) is 0 Å². The van der Waals surface area contributed by atoms with E-state index in [0.717, 1.165) is 45.4 Å². The van der Waals surface area contributed by atoms with E-state index in [9.17, 15) is 4.79 Å². The highest BCUT2D eigenvalue weighted by Crippen LogP contribution is 2.42. The van der Waals surface area contributed by atoms with Gasteiger partial charge >= 0.3 is 0 Å². The van der Waals surface area contributed by atoms with Gasteiger partial charge in [-0.15, -0.1) is 0 Å². The molecular formula is C30H35N3O2S. The summed E-state index contributed by atoms with van der Waals surface area (Å²) in [6.07, 6.45) is 6.77. The molecule has 2 aromatic carbocycles. The van der Waals surface area contributed by atoms with Gasteiger partial charge in [0.1, 0.15) is 5.75 Å². The fourth-order valence-corrected chi connectivity index (χ4v) is 6.77. The molecule has 0 radical (unpaired) electrons. The Bertz CT molecular complexity index is 1250. The molecule has 2 heterocycles. The molecular weight excluding hydrogens is 466 g/mol. The Morgan fingerprint density at radius 3 is 2.44 bits per heavy atom. The first-order chi connectivity index (χ1) is 17.5. The zero-order chi connectivity index (χ0) is 25.2. The summed E-state index contributed by atoms with van der Waals surface area (Å²) in [5, 5.41) is 3.63. The minimum atomic E-state index is -0.109. The first-order valence-electron chi connectivity index (χ1n) is 12.8. The van der Waals surface area contributed by atoms with E-state index in [4.69, 9.17) is 4.74 Å². The van der Waals surface area contributed by atoms with Gasteiger partial charge in [-0.1, -0.05) is 49.7 Å². The second kappa shape index (κ2) is 10.5. The van der Waals surface area contributed by atoms with Gasteiger partial charge in [-0.25, -0.2) is 0 Å². The molecule has 1 aliphatic carbocycles. The van der Waals surface area contributed by atoms with Crippen molar-refractivity contribution < 1.29 is 9.53 Å². The molecule has 2 fully saturated rings. The molecule has 188 valence electrons. The molecule has 5 nitrogen and oxygen atoms in total. The van der Waals surface area contributed by atoms with Crippen LogP contribution in [0.25, 0.3) is 11.8 Å². The molecule has 3 atom stereocenters. The maximum Gasteiger partial charge on any atom is 0.262 e. The summed E-state index contributed by atoms with van der Waals surface area (Å²) >= 11 is 1.64. The number of hydrogen-bond acceptors (Lipinski definition) is 4. The molecule has 1 saturated heterocycles. The highest BCUT2D eigenvalue weighted by atomic mass is 32.2. The number of nitrogens with zero attached hydrogens (tertiary/aromatic N) is 2. The molecule has 1 N–H and O–H groups in total. The molecule has 0 bridgehead atoms. The minimum absolute atomic E-state index is 0.109. The zero-order valence-corrected chi connectivity index (χ0v) is 22.3. The molecule has 3 aromatic rings. The summed E-state index contributed by atoms with van der Waals surface area (Å²) < 4.78 is 7.55. The number of anilines is 1. The van der Waals surface area contributed by atoms with Gasteiger partial charge in [-0.2, -0.15) is 0 Å². The SMILES string of the molecule is COc1ccc(-n2c(C)cc(/C=C3\SC(Nc4ccccc4)N([C@@H]4CCCC[C@@H]4C)C3=O)c2C)cc1. The summed E-state index contributed by atoms with van der Waals surface area (Å²) in [5.74, 6) is 1.48. The fourth-order valence-electron chi connectivity index (χ4n) is 5.57. The van der Waals surface area contributed by atoms with Gasteiger partial charge in [-0.05, 0) is 86.7 Å². The lowest BCUT2D eigenvalue weighted by molar-refractivity contribution is -0.129. The smallest absolute Gasteiger partial charge is 0.262 e. The quantitative estimate of drug-likeness (QED) is 0.370.